The summed E-state index contributed by atoms with van der Waals surface area (Å²) < 4.78 is 36.9. The van der Waals surface area contributed by atoms with Gasteiger partial charge >= 0.3 is 5.97 Å². The van der Waals surface area contributed by atoms with Crippen molar-refractivity contribution in [2.75, 3.05) is 12.3 Å². The molecule has 0 spiro atoms. The molecule has 1 fully saturated rings. The Morgan fingerprint density at radius 2 is 1.78 bits per heavy atom. The van der Waals surface area contributed by atoms with Crippen LogP contribution in [0.4, 0.5) is 4.39 Å². The van der Waals surface area contributed by atoms with Crippen LogP contribution >= 0.6 is 0 Å². The van der Waals surface area contributed by atoms with Crippen molar-refractivity contribution in [3.8, 4) is 0 Å². The van der Waals surface area contributed by atoms with Crippen molar-refractivity contribution in [1.29, 1.82) is 0 Å². The normalized spacial score (nSPS) is 21.1. The third-order valence-corrected chi connectivity index (χ3v) is 5.73. The smallest absolute Gasteiger partial charge is 0.306 e. The number of carbonyl (C=O) groups is 2. The summed E-state index contributed by atoms with van der Waals surface area (Å²) in [4.78, 5) is 22.8. The number of halogens is 1. The van der Waals surface area contributed by atoms with E-state index in [1.54, 1.807) is 0 Å². The first-order chi connectivity index (χ1) is 10.8. The van der Waals surface area contributed by atoms with Gasteiger partial charge in [0, 0.05) is 12.5 Å². The van der Waals surface area contributed by atoms with E-state index in [9.17, 15) is 22.4 Å². The number of amides is 1. The third kappa shape index (κ3) is 4.51. The van der Waals surface area contributed by atoms with Crippen molar-refractivity contribution in [2.45, 2.75) is 24.2 Å². The van der Waals surface area contributed by atoms with E-state index in [0.717, 1.165) is 12.1 Å². The Balaban J connectivity index is 1.83. The van der Waals surface area contributed by atoms with Crippen molar-refractivity contribution in [1.82, 2.24) is 5.32 Å². The Morgan fingerprint density at radius 1 is 1.17 bits per heavy atom. The molecule has 2 rings (SSSR count). The molecule has 1 amide bonds. The van der Waals surface area contributed by atoms with Crippen LogP contribution in [0.5, 0.6) is 0 Å². The standard InChI is InChI=1S/C15H18FNO5S/c16-12-3-5-13(6-4-12)23(21,22)8-7-17-14(18)10-1-2-11(9-10)15(19)20/h3-6,10-11H,1-2,7-9H2,(H,17,18)(H,19,20)/t10-,11+/m0/s1. The summed E-state index contributed by atoms with van der Waals surface area (Å²) in [6.07, 6.45) is 1.24. The molecule has 2 N–H and O–H groups in total. The first-order valence-electron chi connectivity index (χ1n) is 7.28. The van der Waals surface area contributed by atoms with E-state index in [-0.39, 0.29) is 35.4 Å². The van der Waals surface area contributed by atoms with Crippen LogP contribution in [0, 0.1) is 17.7 Å². The second-order valence-corrected chi connectivity index (χ2v) is 7.72. The van der Waals surface area contributed by atoms with E-state index in [2.05, 4.69) is 5.32 Å². The molecule has 0 radical (unpaired) electrons. The molecule has 8 heteroatoms. The van der Waals surface area contributed by atoms with Crippen LogP contribution in [-0.4, -0.2) is 37.7 Å². The molecular weight excluding hydrogens is 325 g/mol. The Kier molecular flexibility index (Phi) is 5.35. The fourth-order valence-corrected chi connectivity index (χ4v) is 3.81. The average molecular weight is 343 g/mol. The topological polar surface area (TPSA) is 101 Å². The number of carboxylic acid groups (broad SMARTS) is 1. The quantitative estimate of drug-likeness (QED) is 0.756. The van der Waals surface area contributed by atoms with Crippen LogP contribution in [0.15, 0.2) is 29.2 Å². The lowest BCUT2D eigenvalue weighted by Crippen LogP contribution is -2.33. The van der Waals surface area contributed by atoms with Gasteiger partial charge in [0.15, 0.2) is 9.84 Å². The molecule has 126 valence electrons. The monoisotopic (exact) mass is 343 g/mol. The highest BCUT2D eigenvalue weighted by Gasteiger charge is 2.33. The van der Waals surface area contributed by atoms with Gasteiger partial charge in [-0.1, -0.05) is 0 Å². The van der Waals surface area contributed by atoms with E-state index < -0.39 is 27.5 Å². The summed E-state index contributed by atoms with van der Waals surface area (Å²) in [5.41, 5.74) is 0. The van der Waals surface area contributed by atoms with Crippen LogP contribution < -0.4 is 5.32 Å². The van der Waals surface area contributed by atoms with E-state index in [0.29, 0.717) is 12.8 Å². The lowest BCUT2D eigenvalue weighted by molar-refractivity contribution is -0.141. The van der Waals surface area contributed by atoms with Crippen LogP contribution in [0.1, 0.15) is 19.3 Å². The average Bonchev–Trinajstić information content (AvgIpc) is 2.97. The highest BCUT2D eigenvalue weighted by molar-refractivity contribution is 7.91. The third-order valence-electron chi connectivity index (χ3n) is 4.00. The van der Waals surface area contributed by atoms with Gasteiger partial charge < -0.3 is 10.4 Å². The van der Waals surface area contributed by atoms with Crippen molar-refractivity contribution in [3.63, 3.8) is 0 Å². The van der Waals surface area contributed by atoms with Crippen molar-refractivity contribution < 1.29 is 27.5 Å². The number of nitrogens with one attached hydrogen (secondary N) is 1. The minimum absolute atomic E-state index is 0.0000402. The summed E-state index contributed by atoms with van der Waals surface area (Å²) in [6, 6.07) is 4.49. The molecule has 1 saturated carbocycles. The van der Waals surface area contributed by atoms with Gasteiger partial charge in [0.1, 0.15) is 5.82 Å². The van der Waals surface area contributed by atoms with Gasteiger partial charge in [0.2, 0.25) is 5.91 Å². The van der Waals surface area contributed by atoms with Crippen LogP contribution in [0.3, 0.4) is 0 Å². The summed E-state index contributed by atoms with van der Waals surface area (Å²) in [5.74, 6) is -2.92. The lowest BCUT2D eigenvalue weighted by atomic mass is 10.0. The minimum atomic E-state index is -3.60. The van der Waals surface area contributed by atoms with Crippen molar-refractivity contribution in [3.05, 3.63) is 30.1 Å². The number of carbonyl (C=O) groups excluding carboxylic acids is 1. The molecule has 0 unspecified atom stereocenters. The first kappa shape index (κ1) is 17.4. The van der Waals surface area contributed by atoms with E-state index in [1.807, 2.05) is 0 Å². The second kappa shape index (κ2) is 7.08. The maximum atomic E-state index is 12.8. The van der Waals surface area contributed by atoms with Crippen LogP contribution in [-0.2, 0) is 19.4 Å². The minimum Gasteiger partial charge on any atom is -0.481 e. The predicted molar refractivity (Wildman–Crippen MR) is 79.9 cm³/mol. The van der Waals surface area contributed by atoms with Crippen LogP contribution in [0.25, 0.3) is 0 Å². The molecule has 23 heavy (non-hydrogen) atoms. The van der Waals surface area contributed by atoms with Gasteiger partial charge in [0.25, 0.3) is 0 Å². The predicted octanol–water partition coefficient (Wildman–Crippen LogP) is 1.22. The summed E-state index contributed by atoms with van der Waals surface area (Å²) in [7, 11) is -3.60. The molecule has 0 aromatic heterocycles. The highest BCUT2D eigenvalue weighted by Crippen LogP contribution is 2.31. The number of carboxylic acids is 1. The molecule has 6 nitrogen and oxygen atoms in total. The molecule has 0 saturated heterocycles. The molecular formula is C15H18FNO5S. The molecule has 1 aromatic rings. The Hall–Kier alpha value is -1.96. The number of benzene rings is 1. The van der Waals surface area contributed by atoms with Gasteiger partial charge in [-0.15, -0.1) is 0 Å². The van der Waals surface area contributed by atoms with E-state index in [4.69, 9.17) is 5.11 Å². The number of hydrogen-bond acceptors (Lipinski definition) is 4. The summed E-state index contributed by atoms with van der Waals surface area (Å²) >= 11 is 0. The molecule has 0 bridgehead atoms. The molecule has 1 aliphatic rings. The zero-order chi connectivity index (χ0) is 17.0. The van der Waals surface area contributed by atoms with Crippen molar-refractivity contribution >= 4 is 21.7 Å². The summed E-state index contributed by atoms with van der Waals surface area (Å²) in [5, 5.41) is 11.4. The van der Waals surface area contributed by atoms with E-state index in [1.165, 1.54) is 12.1 Å². The molecule has 1 aliphatic carbocycles. The zero-order valence-electron chi connectivity index (χ0n) is 12.4. The largest absolute Gasteiger partial charge is 0.481 e. The fraction of sp³-hybridized carbons (Fsp3) is 0.467. The highest BCUT2D eigenvalue weighted by atomic mass is 32.2. The van der Waals surface area contributed by atoms with Gasteiger partial charge in [0.05, 0.1) is 16.6 Å². The lowest BCUT2D eigenvalue weighted by Gasteiger charge is -2.11. The first-order valence-corrected chi connectivity index (χ1v) is 8.93. The Labute approximate surface area is 133 Å². The Bertz CT molecular complexity index is 686. The molecule has 0 heterocycles. The molecule has 0 aliphatic heterocycles. The van der Waals surface area contributed by atoms with Crippen molar-refractivity contribution in [2.24, 2.45) is 11.8 Å². The van der Waals surface area contributed by atoms with Gasteiger partial charge in [-0.3, -0.25) is 9.59 Å². The van der Waals surface area contributed by atoms with Gasteiger partial charge in [-0.25, -0.2) is 12.8 Å². The fourth-order valence-electron chi connectivity index (χ4n) is 2.66. The number of sulfone groups is 1. The molecule has 2 atom stereocenters. The number of rotatable bonds is 6. The maximum Gasteiger partial charge on any atom is 0.306 e. The second-order valence-electron chi connectivity index (χ2n) is 5.61. The number of aliphatic carboxylic acids is 1. The Morgan fingerprint density at radius 3 is 2.35 bits per heavy atom. The SMILES string of the molecule is O=C(O)[C@@H]1CC[C@H](C(=O)NCCS(=O)(=O)c2ccc(F)cc2)C1. The van der Waals surface area contributed by atoms with Gasteiger partial charge in [-0.05, 0) is 43.5 Å². The van der Waals surface area contributed by atoms with Gasteiger partial charge in [-0.2, -0.15) is 0 Å². The zero-order valence-corrected chi connectivity index (χ0v) is 13.2. The van der Waals surface area contributed by atoms with E-state index >= 15 is 0 Å². The molecule has 1 aromatic carbocycles. The maximum absolute atomic E-state index is 12.8. The number of hydrogen-bond donors (Lipinski definition) is 2. The summed E-state index contributed by atoms with van der Waals surface area (Å²) in [6.45, 7) is -0.0627. The van der Waals surface area contributed by atoms with Crippen LogP contribution in [0.2, 0.25) is 0 Å².